The van der Waals surface area contributed by atoms with Crippen molar-refractivity contribution in [1.29, 1.82) is 0 Å². The molecule has 0 aliphatic carbocycles. The number of ether oxygens (including phenoxy) is 1. The Balaban J connectivity index is 1.58. The van der Waals surface area contributed by atoms with Crippen molar-refractivity contribution in [2.24, 2.45) is 0 Å². The van der Waals surface area contributed by atoms with E-state index in [1.807, 2.05) is 0 Å². The molecule has 0 unspecified atom stereocenters. The maximum atomic E-state index is 5.60. The molecule has 0 atom stereocenters. The zero-order chi connectivity index (χ0) is 27.8. The average molecular weight is 522 g/mol. The number of benzene rings is 3. The van der Waals surface area contributed by atoms with Crippen molar-refractivity contribution >= 4 is 27.9 Å². The molecule has 39 heavy (non-hydrogen) atoms. The number of allylic oxidation sites excluding steroid dienone is 4. The topological polar surface area (TPSA) is 15.5 Å². The number of rotatable bonds is 9. The summed E-state index contributed by atoms with van der Waals surface area (Å²) in [5.41, 5.74) is 8.03. The number of hydrogen-bond acceptors (Lipinski definition) is 2. The third-order valence-electron chi connectivity index (χ3n) is 8.83. The van der Waals surface area contributed by atoms with Gasteiger partial charge in [0, 0.05) is 47.5 Å². The Morgan fingerprint density at radius 2 is 1.67 bits per heavy atom. The first-order valence-corrected chi connectivity index (χ1v) is 14.8. The largest absolute Gasteiger partial charge is 0.497 e. The van der Waals surface area contributed by atoms with Crippen molar-refractivity contribution in [2.45, 2.75) is 78.1 Å². The summed E-state index contributed by atoms with van der Waals surface area (Å²) in [6.45, 7) is 16.1. The molecule has 0 spiro atoms. The van der Waals surface area contributed by atoms with Crippen LogP contribution in [0.1, 0.15) is 78.4 Å². The highest BCUT2D eigenvalue weighted by Gasteiger charge is 2.45. The van der Waals surface area contributed by atoms with Gasteiger partial charge in [0.2, 0.25) is 5.69 Å². The van der Waals surface area contributed by atoms with E-state index in [9.17, 15) is 0 Å². The summed E-state index contributed by atoms with van der Waals surface area (Å²) in [4.78, 5) is 2.53. The Labute approximate surface area is 235 Å². The second kappa shape index (κ2) is 10.7. The standard InChI is InChI=1S/C36H45N2O/c1-8-10-23-37-30-22-20-27(39-7)25-29(30)35(3,4)32(37)17-14-18-33-36(5,6)34-28-16-13-12-15-26(28)19-21-31(34)38(33)24-11-9-2/h12-22,25H,8-11,23-24H2,1-7H3/q+1. The minimum Gasteiger partial charge on any atom is -0.497 e. The summed E-state index contributed by atoms with van der Waals surface area (Å²) in [5, 5.41) is 2.69. The van der Waals surface area contributed by atoms with Gasteiger partial charge in [-0.25, -0.2) is 0 Å². The lowest BCUT2D eigenvalue weighted by Crippen LogP contribution is -2.28. The Morgan fingerprint density at radius 1 is 0.897 bits per heavy atom. The highest BCUT2D eigenvalue weighted by molar-refractivity contribution is 6.07. The summed E-state index contributed by atoms with van der Waals surface area (Å²) in [5.74, 6) is 0.925. The summed E-state index contributed by atoms with van der Waals surface area (Å²) < 4.78 is 8.18. The monoisotopic (exact) mass is 521 g/mol. The van der Waals surface area contributed by atoms with E-state index in [1.54, 1.807) is 7.11 Å². The Bertz CT molecular complexity index is 1470. The van der Waals surface area contributed by atoms with Crippen LogP contribution in [0.25, 0.3) is 10.8 Å². The van der Waals surface area contributed by atoms with Crippen molar-refractivity contribution in [1.82, 2.24) is 0 Å². The summed E-state index contributed by atoms with van der Waals surface area (Å²) >= 11 is 0. The average Bonchev–Trinajstić information content (AvgIpc) is 3.28. The second-order valence-corrected chi connectivity index (χ2v) is 12.1. The summed E-state index contributed by atoms with van der Waals surface area (Å²) in [6, 6.07) is 20.0. The van der Waals surface area contributed by atoms with Crippen LogP contribution in [0.5, 0.6) is 5.75 Å². The lowest BCUT2D eigenvalue weighted by Gasteiger charge is -2.27. The van der Waals surface area contributed by atoms with Crippen LogP contribution < -0.4 is 9.64 Å². The number of unbranched alkanes of at least 4 members (excludes halogenated alkanes) is 2. The van der Waals surface area contributed by atoms with Crippen LogP contribution in [-0.4, -0.2) is 30.5 Å². The lowest BCUT2D eigenvalue weighted by molar-refractivity contribution is -0.438. The van der Waals surface area contributed by atoms with Gasteiger partial charge in [-0.3, -0.25) is 0 Å². The minimum absolute atomic E-state index is 0.0810. The quantitative estimate of drug-likeness (QED) is 0.261. The molecule has 2 heterocycles. The van der Waals surface area contributed by atoms with Crippen molar-refractivity contribution < 1.29 is 9.31 Å². The molecule has 0 aromatic heterocycles. The smallest absolute Gasteiger partial charge is 0.210 e. The van der Waals surface area contributed by atoms with Gasteiger partial charge < -0.3 is 9.64 Å². The number of hydrogen-bond donors (Lipinski definition) is 0. The third-order valence-corrected chi connectivity index (χ3v) is 8.83. The van der Waals surface area contributed by atoms with E-state index in [4.69, 9.17) is 4.74 Å². The molecule has 3 aromatic carbocycles. The number of methoxy groups -OCH3 is 1. The zero-order valence-corrected chi connectivity index (χ0v) is 25.0. The lowest BCUT2D eigenvalue weighted by atomic mass is 9.79. The Hall–Kier alpha value is -3.33. The van der Waals surface area contributed by atoms with Crippen LogP contribution in [-0.2, 0) is 10.8 Å². The van der Waals surface area contributed by atoms with Gasteiger partial charge in [-0.2, -0.15) is 4.58 Å². The second-order valence-electron chi connectivity index (χ2n) is 12.1. The number of fused-ring (bicyclic) bond motifs is 4. The van der Waals surface area contributed by atoms with Gasteiger partial charge in [0.25, 0.3) is 0 Å². The van der Waals surface area contributed by atoms with E-state index in [-0.39, 0.29) is 10.8 Å². The molecule has 0 saturated heterocycles. The molecular weight excluding hydrogens is 476 g/mol. The van der Waals surface area contributed by atoms with E-state index in [2.05, 4.69) is 124 Å². The van der Waals surface area contributed by atoms with Gasteiger partial charge in [0.1, 0.15) is 12.3 Å². The van der Waals surface area contributed by atoms with Gasteiger partial charge in [0.15, 0.2) is 5.71 Å². The molecule has 5 rings (SSSR count). The molecule has 3 heteroatoms. The van der Waals surface area contributed by atoms with E-state index in [1.165, 1.54) is 70.4 Å². The SMILES string of the molecule is CCCCN1C(=CC=CC2=[N+](CCCC)c3ccc4ccccc4c3C2(C)C)C(C)(C)c2cc(OC)ccc21. The maximum absolute atomic E-state index is 5.60. The molecule has 0 radical (unpaired) electrons. The van der Waals surface area contributed by atoms with Gasteiger partial charge in [0.05, 0.1) is 12.5 Å². The van der Waals surface area contributed by atoms with Crippen LogP contribution in [0.3, 0.4) is 0 Å². The molecule has 3 nitrogen and oxygen atoms in total. The van der Waals surface area contributed by atoms with Crippen molar-refractivity contribution in [2.75, 3.05) is 25.1 Å². The van der Waals surface area contributed by atoms with Crippen molar-refractivity contribution in [3.8, 4) is 5.75 Å². The number of nitrogens with zero attached hydrogens (tertiary/aromatic N) is 2. The predicted octanol–water partition coefficient (Wildman–Crippen LogP) is 9.06. The molecule has 0 N–H and O–H groups in total. The highest BCUT2D eigenvalue weighted by atomic mass is 16.5. The first-order chi connectivity index (χ1) is 18.7. The van der Waals surface area contributed by atoms with Gasteiger partial charge in [-0.15, -0.1) is 0 Å². The van der Waals surface area contributed by atoms with Crippen LogP contribution in [0.15, 0.2) is 78.5 Å². The molecule has 0 amide bonds. The maximum Gasteiger partial charge on any atom is 0.210 e. The van der Waals surface area contributed by atoms with E-state index >= 15 is 0 Å². The molecule has 2 aliphatic heterocycles. The van der Waals surface area contributed by atoms with E-state index in [0.717, 1.165) is 18.8 Å². The van der Waals surface area contributed by atoms with Crippen LogP contribution >= 0.6 is 0 Å². The normalized spacial score (nSPS) is 18.4. The van der Waals surface area contributed by atoms with Crippen molar-refractivity contribution in [3.05, 3.63) is 89.6 Å². The number of anilines is 1. The fraction of sp³-hybridized carbons (Fsp3) is 0.417. The fourth-order valence-corrected chi connectivity index (χ4v) is 6.66. The summed E-state index contributed by atoms with van der Waals surface area (Å²) in [6.07, 6.45) is 11.8. The minimum atomic E-state index is -0.0983. The zero-order valence-electron chi connectivity index (χ0n) is 25.0. The first kappa shape index (κ1) is 27.2. The molecule has 0 fully saturated rings. The van der Waals surface area contributed by atoms with Gasteiger partial charge >= 0.3 is 0 Å². The van der Waals surface area contributed by atoms with Gasteiger partial charge in [-0.1, -0.05) is 70.9 Å². The van der Waals surface area contributed by atoms with E-state index < -0.39 is 0 Å². The van der Waals surface area contributed by atoms with Crippen LogP contribution in [0, 0.1) is 0 Å². The van der Waals surface area contributed by atoms with E-state index in [0.29, 0.717) is 0 Å². The third kappa shape index (κ3) is 4.60. The predicted molar refractivity (Wildman–Crippen MR) is 167 cm³/mol. The van der Waals surface area contributed by atoms with Crippen LogP contribution in [0.4, 0.5) is 11.4 Å². The Morgan fingerprint density at radius 3 is 2.41 bits per heavy atom. The summed E-state index contributed by atoms with van der Waals surface area (Å²) in [7, 11) is 1.75. The molecule has 204 valence electrons. The molecule has 0 saturated carbocycles. The fourth-order valence-electron chi connectivity index (χ4n) is 6.66. The Kier molecular flexibility index (Phi) is 7.46. The highest BCUT2D eigenvalue weighted by Crippen LogP contribution is 2.49. The van der Waals surface area contributed by atoms with Crippen molar-refractivity contribution in [3.63, 3.8) is 0 Å². The first-order valence-electron chi connectivity index (χ1n) is 14.8. The molecule has 0 bridgehead atoms. The van der Waals surface area contributed by atoms with Crippen LogP contribution in [0.2, 0.25) is 0 Å². The van der Waals surface area contributed by atoms with Gasteiger partial charge in [-0.05, 0) is 66.9 Å². The molecule has 3 aromatic rings. The molecular formula is C36H45N2O+. The molecule has 2 aliphatic rings.